The van der Waals surface area contributed by atoms with Crippen molar-refractivity contribution in [3.05, 3.63) is 99.3 Å². The molecular weight excluding hydrogens is 462 g/mol. The van der Waals surface area contributed by atoms with E-state index in [0.29, 0.717) is 26.9 Å². The van der Waals surface area contributed by atoms with Gasteiger partial charge < -0.3 is 5.32 Å². The van der Waals surface area contributed by atoms with Gasteiger partial charge in [0, 0.05) is 27.7 Å². The number of halogens is 3. The Morgan fingerprint density at radius 2 is 1.55 bits per heavy atom. The smallest absolute Gasteiger partial charge is 0.251 e. The van der Waals surface area contributed by atoms with Gasteiger partial charge in [0.2, 0.25) is 10.0 Å². The Morgan fingerprint density at radius 1 is 0.968 bits per heavy atom. The molecule has 0 aliphatic rings. The summed E-state index contributed by atoms with van der Waals surface area (Å²) in [6.07, 6.45) is 1.08. The summed E-state index contributed by atoms with van der Waals surface area (Å²) in [4.78, 5) is 12.4. The third-order valence-electron chi connectivity index (χ3n) is 4.55. The highest BCUT2D eigenvalue weighted by molar-refractivity contribution is 7.92. The van der Waals surface area contributed by atoms with Gasteiger partial charge >= 0.3 is 0 Å². The molecule has 162 valence electrons. The Bertz CT molecular complexity index is 1160. The third kappa shape index (κ3) is 5.97. The van der Waals surface area contributed by atoms with E-state index in [2.05, 4.69) is 5.32 Å². The van der Waals surface area contributed by atoms with Crippen LogP contribution in [0.5, 0.6) is 0 Å². The van der Waals surface area contributed by atoms with E-state index < -0.39 is 10.0 Å². The Labute approximate surface area is 190 Å². The van der Waals surface area contributed by atoms with Crippen LogP contribution in [-0.2, 0) is 23.1 Å². The first-order valence-electron chi connectivity index (χ1n) is 9.18. The van der Waals surface area contributed by atoms with Crippen LogP contribution in [0.15, 0.2) is 66.7 Å². The number of amides is 1. The van der Waals surface area contributed by atoms with Crippen molar-refractivity contribution in [2.24, 2.45) is 0 Å². The standard InChI is InChI=1S/C22H19Cl2FN2O3S/c1-31(29,30)27(14-19-20(23)3-2-4-21(19)24)18-11-7-16(8-12-18)22(28)26-13-15-5-9-17(25)10-6-15/h2-12H,13-14H2,1H3,(H,26,28). The van der Waals surface area contributed by atoms with Gasteiger partial charge in [-0.05, 0) is 54.1 Å². The van der Waals surface area contributed by atoms with E-state index in [-0.39, 0.29) is 24.8 Å². The number of hydrogen-bond donors (Lipinski definition) is 1. The Kier molecular flexibility index (Phi) is 7.20. The van der Waals surface area contributed by atoms with Gasteiger partial charge in [0.25, 0.3) is 5.91 Å². The lowest BCUT2D eigenvalue weighted by molar-refractivity contribution is 0.0951. The van der Waals surface area contributed by atoms with E-state index in [0.717, 1.165) is 11.8 Å². The molecule has 0 radical (unpaired) electrons. The summed E-state index contributed by atoms with van der Waals surface area (Å²) in [7, 11) is -3.65. The molecule has 0 aliphatic carbocycles. The quantitative estimate of drug-likeness (QED) is 0.515. The third-order valence-corrected chi connectivity index (χ3v) is 6.40. The maximum absolute atomic E-state index is 13.0. The number of sulfonamides is 1. The summed E-state index contributed by atoms with van der Waals surface area (Å²) in [6.45, 7) is 0.189. The molecule has 0 aliphatic heterocycles. The van der Waals surface area contributed by atoms with E-state index in [9.17, 15) is 17.6 Å². The van der Waals surface area contributed by atoms with E-state index in [1.165, 1.54) is 28.6 Å². The predicted octanol–water partition coefficient (Wildman–Crippen LogP) is 5.03. The lowest BCUT2D eigenvalue weighted by Gasteiger charge is -2.23. The molecular formula is C22H19Cl2FN2O3S. The number of carbonyl (C=O) groups is 1. The minimum absolute atomic E-state index is 0.0482. The summed E-state index contributed by atoms with van der Waals surface area (Å²) in [5, 5.41) is 3.46. The first-order chi connectivity index (χ1) is 14.6. The zero-order chi connectivity index (χ0) is 22.6. The molecule has 0 bridgehead atoms. The van der Waals surface area contributed by atoms with Crippen LogP contribution in [0.2, 0.25) is 10.0 Å². The molecule has 0 unspecified atom stereocenters. The molecule has 1 amide bonds. The summed E-state index contributed by atoms with van der Waals surface area (Å²) in [6, 6.07) is 16.9. The van der Waals surface area contributed by atoms with Crippen LogP contribution in [0.25, 0.3) is 0 Å². The van der Waals surface area contributed by atoms with Crippen molar-refractivity contribution < 1.29 is 17.6 Å². The predicted molar refractivity (Wildman–Crippen MR) is 122 cm³/mol. The van der Waals surface area contributed by atoms with Crippen molar-refractivity contribution in [1.82, 2.24) is 5.32 Å². The van der Waals surface area contributed by atoms with Crippen LogP contribution in [0.3, 0.4) is 0 Å². The molecule has 0 heterocycles. The molecule has 31 heavy (non-hydrogen) atoms. The van der Waals surface area contributed by atoms with Crippen LogP contribution in [0, 0.1) is 5.82 Å². The van der Waals surface area contributed by atoms with Crippen LogP contribution in [0.4, 0.5) is 10.1 Å². The maximum Gasteiger partial charge on any atom is 0.251 e. The second-order valence-corrected chi connectivity index (χ2v) is 9.55. The molecule has 0 fully saturated rings. The average Bonchev–Trinajstić information content (AvgIpc) is 2.72. The summed E-state index contributed by atoms with van der Waals surface area (Å²) in [5.41, 5.74) is 1.97. The molecule has 3 aromatic rings. The molecule has 0 aromatic heterocycles. The largest absolute Gasteiger partial charge is 0.348 e. The number of anilines is 1. The monoisotopic (exact) mass is 480 g/mol. The highest BCUT2D eigenvalue weighted by atomic mass is 35.5. The second kappa shape index (κ2) is 9.68. The van der Waals surface area contributed by atoms with Crippen molar-refractivity contribution >= 4 is 44.8 Å². The van der Waals surface area contributed by atoms with E-state index in [1.54, 1.807) is 42.5 Å². The molecule has 0 spiro atoms. The number of nitrogens with zero attached hydrogens (tertiary/aromatic N) is 1. The molecule has 3 aromatic carbocycles. The van der Waals surface area contributed by atoms with Crippen molar-refractivity contribution in [1.29, 1.82) is 0 Å². The van der Waals surface area contributed by atoms with Gasteiger partial charge in [-0.1, -0.05) is 41.4 Å². The van der Waals surface area contributed by atoms with E-state index >= 15 is 0 Å². The Morgan fingerprint density at radius 3 is 2.10 bits per heavy atom. The minimum Gasteiger partial charge on any atom is -0.348 e. The number of rotatable bonds is 7. The SMILES string of the molecule is CS(=O)(=O)N(Cc1c(Cl)cccc1Cl)c1ccc(C(=O)NCc2ccc(F)cc2)cc1. The van der Waals surface area contributed by atoms with Gasteiger partial charge in [0.05, 0.1) is 18.5 Å². The van der Waals surface area contributed by atoms with Crippen molar-refractivity contribution in [3.8, 4) is 0 Å². The van der Waals surface area contributed by atoms with E-state index in [4.69, 9.17) is 23.2 Å². The van der Waals surface area contributed by atoms with Gasteiger partial charge in [0.15, 0.2) is 0 Å². The summed E-state index contributed by atoms with van der Waals surface area (Å²) < 4.78 is 38.9. The normalized spacial score (nSPS) is 11.2. The average molecular weight is 481 g/mol. The highest BCUT2D eigenvalue weighted by Gasteiger charge is 2.21. The molecule has 0 atom stereocenters. The Hall–Kier alpha value is -2.61. The maximum atomic E-state index is 13.0. The Balaban J connectivity index is 1.76. The topological polar surface area (TPSA) is 66.5 Å². The number of carbonyl (C=O) groups excluding carboxylic acids is 1. The number of hydrogen-bond acceptors (Lipinski definition) is 3. The molecule has 3 rings (SSSR count). The minimum atomic E-state index is -3.65. The van der Waals surface area contributed by atoms with Crippen molar-refractivity contribution in [2.75, 3.05) is 10.6 Å². The zero-order valence-electron chi connectivity index (χ0n) is 16.5. The van der Waals surface area contributed by atoms with Crippen LogP contribution >= 0.6 is 23.2 Å². The van der Waals surface area contributed by atoms with Gasteiger partial charge in [-0.3, -0.25) is 9.10 Å². The van der Waals surface area contributed by atoms with Crippen molar-refractivity contribution in [3.63, 3.8) is 0 Å². The molecule has 5 nitrogen and oxygen atoms in total. The van der Waals surface area contributed by atoms with Crippen LogP contribution in [0.1, 0.15) is 21.5 Å². The molecule has 0 saturated carbocycles. The fourth-order valence-electron chi connectivity index (χ4n) is 2.89. The summed E-state index contributed by atoms with van der Waals surface area (Å²) in [5.74, 6) is -0.685. The second-order valence-electron chi connectivity index (χ2n) is 6.83. The van der Waals surface area contributed by atoms with E-state index in [1.807, 2.05) is 0 Å². The molecule has 9 heteroatoms. The van der Waals surface area contributed by atoms with Crippen molar-refractivity contribution in [2.45, 2.75) is 13.1 Å². The molecule has 0 saturated heterocycles. The lowest BCUT2D eigenvalue weighted by atomic mass is 10.1. The van der Waals surface area contributed by atoms with Gasteiger partial charge in [0.1, 0.15) is 5.82 Å². The number of benzene rings is 3. The highest BCUT2D eigenvalue weighted by Crippen LogP contribution is 2.29. The number of nitrogens with one attached hydrogen (secondary N) is 1. The van der Waals surface area contributed by atoms with Gasteiger partial charge in [-0.25, -0.2) is 12.8 Å². The van der Waals surface area contributed by atoms with Gasteiger partial charge in [-0.15, -0.1) is 0 Å². The first kappa shape index (κ1) is 23.1. The molecule has 1 N–H and O–H groups in total. The first-order valence-corrected chi connectivity index (χ1v) is 11.8. The lowest BCUT2D eigenvalue weighted by Crippen LogP contribution is -2.29. The van der Waals surface area contributed by atoms with Crippen LogP contribution in [-0.4, -0.2) is 20.6 Å². The fraction of sp³-hybridized carbons (Fsp3) is 0.136. The zero-order valence-corrected chi connectivity index (χ0v) is 18.8. The summed E-state index contributed by atoms with van der Waals surface area (Å²) >= 11 is 12.4. The fourth-order valence-corrected chi connectivity index (χ4v) is 4.28. The van der Waals surface area contributed by atoms with Crippen LogP contribution < -0.4 is 9.62 Å². The van der Waals surface area contributed by atoms with Gasteiger partial charge in [-0.2, -0.15) is 0 Å².